The fraction of sp³-hybridized carbons (Fsp3) is 0.615. The summed E-state index contributed by atoms with van der Waals surface area (Å²) < 4.78 is 1.96. The molecular weight excluding hydrogens is 198 g/mol. The van der Waals surface area contributed by atoms with Crippen LogP contribution in [-0.4, -0.2) is 10.6 Å². The summed E-state index contributed by atoms with van der Waals surface area (Å²) >= 11 is 0. The highest BCUT2D eigenvalue weighted by Crippen LogP contribution is 2.26. The zero-order chi connectivity index (χ0) is 11.7. The molecule has 1 aliphatic carbocycles. The Hall–Kier alpha value is -1.27. The van der Waals surface area contributed by atoms with Crippen LogP contribution in [0.1, 0.15) is 36.7 Å². The lowest BCUT2D eigenvalue weighted by molar-refractivity contribution is 0.240. The maximum absolute atomic E-state index is 8.93. The average Bonchev–Trinajstić information content (AvgIpc) is 2.50. The Morgan fingerprint density at radius 3 is 2.75 bits per heavy atom. The third kappa shape index (κ3) is 1.98. The molecule has 3 nitrogen and oxygen atoms in total. The van der Waals surface area contributed by atoms with E-state index in [0.717, 1.165) is 18.2 Å². The van der Waals surface area contributed by atoms with E-state index in [1.54, 1.807) is 0 Å². The normalized spacial score (nSPS) is 23.9. The molecule has 2 rings (SSSR count). The Morgan fingerprint density at radius 2 is 2.25 bits per heavy atom. The van der Waals surface area contributed by atoms with E-state index < -0.39 is 0 Å². The van der Waals surface area contributed by atoms with E-state index in [-0.39, 0.29) is 0 Å². The van der Waals surface area contributed by atoms with E-state index in [2.05, 4.69) is 25.2 Å². The number of aromatic nitrogens is 1. The zero-order valence-electron chi connectivity index (χ0n) is 10.2. The third-order valence-corrected chi connectivity index (χ3v) is 3.71. The molecule has 0 amide bonds. The summed E-state index contributed by atoms with van der Waals surface area (Å²) in [6, 6.07) is 4.89. The average molecular weight is 217 g/mol. The minimum atomic E-state index is 0.681. The summed E-state index contributed by atoms with van der Waals surface area (Å²) in [4.78, 5) is 0. The highest BCUT2D eigenvalue weighted by Gasteiger charge is 2.24. The first kappa shape index (κ1) is 11.2. The molecule has 1 aromatic heterocycles. The topological polar surface area (TPSA) is 40.8 Å². The van der Waals surface area contributed by atoms with Gasteiger partial charge in [-0.2, -0.15) is 5.26 Å². The number of nitrogens with zero attached hydrogens (tertiary/aromatic N) is 2. The Morgan fingerprint density at radius 1 is 1.56 bits per heavy atom. The highest BCUT2D eigenvalue weighted by molar-refractivity contribution is 5.34. The molecule has 0 unspecified atom stereocenters. The Bertz CT molecular complexity index is 419. The van der Waals surface area contributed by atoms with Gasteiger partial charge in [-0.05, 0) is 37.3 Å². The molecule has 1 aromatic rings. The maximum atomic E-state index is 8.93. The van der Waals surface area contributed by atoms with E-state index >= 15 is 0 Å². The van der Waals surface area contributed by atoms with Crippen LogP contribution in [0.3, 0.4) is 0 Å². The van der Waals surface area contributed by atoms with E-state index in [1.165, 1.54) is 24.1 Å². The Labute approximate surface area is 97.1 Å². The molecule has 1 heterocycles. The zero-order valence-corrected chi connectivity index (χ0v) is 10.2. The second kappa shape index (κ2) is 4.31. The van der Waals surface area contributed by atoms with Crippen LogP contribution in [0.4, 0.5) is 0 Å². The van der Waals surface area contributed by atoms with Crippen molar-refractivity contribution in [1.29, 1.82) is 5.26 Å². The molecular formula is C13H19N3. The van der Waals surface area contributed by atoms with Gasteiger partial charge in [0, 0.05) is 25.3 Å². The minimum Gasteiger partial charge on any atom is -0.340 e. The second-order valence-electron chi connectivity index (χ2n) is 4.97. The Kier molecular flexibility index (Phi) is 3.02. The van der Waals surface area contributed by atoms with Crippen LogP contribution in [0.5, 0.6) is 0 Å². The van der Waals surface area contributed by atoms with E-state index in [0.29, 0.717) is 6.04 Å². The summed E-state index contributed by atoms with van der Waals surface area (Å²) in [6.07, 6.45) is 2.58. The minimum absolute atomic E-state index is 0.681. The molecule has 16 heavy (non-hydrogen) atoms. The summed E-state index contributed by atoms with van der Waals surface area (Å²) in [5.74, 6) is 0.879. The van der Waals surface area contributed by atoms with Gasteiger partial charge in [-0.15, -0.1) is 0 Å². The van der Waals surface area contributed by atoms with Crippen molar-refractivity contribution in [3.8, 4) is 6.07 Å². The summed E-state index contributed by atoms with van der Waals surface area (Å²) in [5, 5.41) is 12.5. The number of nitrogens with one attached hydrogen (secondary N) is 1. The van der Waals surface area contributed by atoms with Crippen molar-refractivity contribution in [3.05, 3.63) is 23.0 Å². The third-order valence-electron chi connectivity index (χ3n) is 3.71. The van der Waals surface area contributed by atoms with Crippen molar-refractivity contribution in [2.75, 3.05) is 0 Å². The number of hydrogen-bond acceptors (Lipinski definition) is 2. The van der Waals surface area contributed by atoms with Crippen LogP contribution in [0.2, 0.25) is 0 Å². The molecule has 0 aliphatic heterocycles. The first-order valence-corrected chi connectivity index (χ1v) is 5.90. The molecule has 1 N–H and O–H groups in total. The monoisotopic (exact) mass is 217 g/mol. The molecule has 86 valence electrons. The molecule has 1 saturated carbocycles. The second-order valence-corrected chi connectivity index (χ2v) is 4.97. The van der Waals surface area contributed by atoms with Crippen LogP contribution < -0.4 is 5.32 Å². The molecule has 0 spiro atoms. The van der Waals surface area contributed by atoms with E-state index in [1.807, 2.05) is 17.7 Å². The van der Waals surface area contributed by atoms with E-state index in [9.17, 15) is 0 Å². The smallest absolute Gasteiger partial charge is 0.120 e. The molecule has 1 aliphatic rings. The first-order valence-electron chi connectivity index (χ1n) is 5.90. The lowest BCUT2D eigenvalue weighted by Gasteiger charge is -2.33. The van der Waals surface area contributed by atoms with Crippen LogP contribution >= 0.6 is 0 Å². The number of rotatable bonds is 3. The maximum Gasteiger partial charge on any atom is 0.120 e. The fourth-order valence-corrected chi connectivity index (χ4v) is 2.37. The van der Waals surface area contributed by atoms with Gasteiger partial charge in [0.25, 0.3) is 0 Å². The van der Waals surface area contributed by atoms with Gasteiger partial charge in [-0.25, -0.2) is 0 Å². The fourth-order valence-electron chi connectivity index (χ4n) is 2.37. The van der Waals surface area contributed by atoms with Gasteiger partial charge in [0.1, 0.15) is 11.8 Å². The van der Waals surface area contributed by atoms with Crippen molar-refractivity contribution in [1.82, 2.24) is 9.88 Å². The van der Waals surface area contributed by atoms with Crippen LogP contribution in [0, 0.1) is 24.2 Å². The van der Waals surface area contributed by atoms with Crippen LogP contribution in [0.25, 0.3) is 0 Å². The van der Waals surface area contributed by atoms with Gasteiger partial charge in [0.15, 0.2) is 0 Å². The van der Waals surface area contributed by atoms with Crippen LogP contribution in [0.15, 0.2) is 6.07 Å². The lowest BCUT2D eigenvalue weighted by atomic mass is 9.82. The molecule has 3 heteroatoms. The predicted octanol–water partition coefficient (Wildman–Crippen LogP) is 2.09. The van der Waals surface area contributed by atoms with Gasteiger partial charge in [0.2, 0.25) is 0 Å². The van der Waals surface area contributed by atoms with Crippen molar-refractivity contribution in [2.24, 2.45) is 13.0 Å². The largest absolute Gasteiger partial charge is 0.340 e. The molecule has 0 aromatic carbocycles. The van der Waals surface area contributed by atoms with Gasteiger partial charge in [0.05, 0.1) is 0 Å². The van der Waals surface area contributed by atoms with Crippen LogP contribution in [-0.2, 0) is 13.6 Å². The summed E-state index contributed by atoms with van der Waals surface area (Å²) in [5.41, 5.74) is 3.19. The van der Waals surface area contributed by atoms with Crippen molar-refractivity contribution in [2.45, 2.75) is 39.3 Å². The van der Waals surface area contributed by atoms with Gasteiger partial charge >= 0.3 is 0 Å². The van der Waals surface area contributed by atoms with Gasteiger partial charge in [-0.3, -0.25) is 0 Å². The molecule has 0 radical (unpaired) electrons. The lowest BCUT2D eigenvalue weighted by Crippen LogP contribution is -2.39. The predicted molar refractivity (Wildman–Crippen MR) is 63.9 cm³/mol. The van der Waals surface area contributed by atoms with Crippen molar-refractivity contribution in [3.63, 3.8) is 0 Å². The van der Waals surface area contributed by atoms with Crippen molar-refractivity contribution < 1.29 is 0 Å². The number of hydrogen-bond donors (Lipinski definition) is 1. The standard InChI is InChI=1S/C13H19N3/c1-9-4-12(5-9)15-8-11-6-13(7-14)16(3)10(11)2/h6,9,12,15H,4-5,8H2,1-3H3. The number of nitriles is 1. The van der Waals surface area contributed by atoms with Gasteiger partial charge < -0.3 is 9.88 Å². The Balaban J connectivity index is 1.97. The highest BCUT2D eigenvalue weighted by atomic mass is 15.0. The SMILES string of the molecule is Cc1c(CNC2CC(C)C2)cc(C#N)n1C. The molecule has 0 bridgehead atoms. The van der Waals surface area contributed by atoms with Crippen molar-refractivity contribution >= 4 is 0 Å². The first-order chi connectivity index (χ1) is 7.61. The molecule has 0 saturated heterocycles. The summed E-state index contributed by atoms with van der Waals surface area (Å²) in [7, 11) is 1.95. The summed E-state index contributed by atoms with van der Waals surface area (Å²) in [6.45, 7) is 5.25. The molecule has 1 fully saturated rings. The van der Waals surface area contributed by atoms with E-state index in [4.69, 9.17) is 5.26 Å². The quantitative estimate of drug-likeness (QED) is 0.842. The molecule has 0 atom stereocenters. The van der Waals surface area contributed by atoms with Gasteiger partial charge in [-0.1, -0.05) is 6.92 Å².